The van der Waals surface area contributed by atoms with Crippen molar-refractivity contribution in [2.24, 2.45) is 0 Å². The number of nitro groups is 1. The number of carbonyl (C=O) groups excluding carboxylic acids is 1. The van der Waals surface area contributed by atoms with Gasteiger partial charge in [-0.2, -0.15) is 0 Å². The molecule has 1 amide bonds. The number of benzene rings is 2. The number of nitro benzene ring substituents is 1. The van der Waals surface area contributed by atoms with Gasteiger partial charge >= 0.3 is 0 Å². The molecule has 0 spiro atoms. The van der Waals surface area contributed by atoms with Gasteiger partial charge in [0.1, 0.15) is 0 Å². The Kier molecular flexibility index (Phi) is 5.48. The van der Waals surface area contributed by atoms with Gasteiger partial charge in [0, 0.05) is 17.8 Å². The van der Waals surface area contributed by atoms with Gasteiger partial charge < -0.3 is 5.32 Å². The third kappa shape index (κ3) is 4.84. The highest BCUT2D eigenvalue weighted by atomic mass is 32.2. The summed E-state index contributed by atoms with van der Waals surface area (Å²) in [5.41, 5.74) is 2.78. The van der Waals surface area contributed by atoms with E-state index in [-0.39, 0.29) is 22.8 Å². The third-order valence-corrected chi connectivity index (χ3v) is 6.09. The Labute approximate surface area is 165 Å². The summed E-state index contributed by atoms with van der Waals surface area (Å²) in [6.45, 7) is 6.43. The average molecular weight is 402 g/mol. The second-order valence-corrected chi connectivity index (χ2v) is 9.31. The van der Waals surface area contributed by atoms with Gasteiger partial charge in [-0.05, 0) is 29.2 Å². The number of aromatic nitrogens is 1. The third-order valence-electron chi connectivity index (χ3n) is 3.92. The molecule has 0 aliphatic heterocycles. The van der Waals surface area contributed by atoms with Crippen LogP contribution in [0.4, 0.5) is 11.4 Å². The van der Waals surface area contributed by atoms with E-state index in [1.54, 1.807) is 6.07 Å². The quantitative estimate of drug-likeness (QED) is 0.359. The first-order chi connectivity index (χ1) is 12.7. The number of thiazole rings is 1. The van der Waals surface area contributed by atoms with Gasteiger partial charge in [-0.25, -0.2) is 4.98 Å². The predicted molar refractivity (Wildman–Crippen MR) is 111 cm³/mol. The van der Waals surface area contributed by atoms with E-state index in [2.05, 4.69) is 31.1 Å². The molecule has 0 aliphatic rings. The molecular formula is C19H19N3O3S2. The molecule has 140 valence electrons. The van der Waals surface area contributed by atoms with Crippen LogP contribution in [0.1, 0.15) is 26.3 Å². The van der Waals surface area contributed by atoms with E-state index in [1.807, 2.05) is 24.3 Å². The maximum absolute atomic E-state index is 12.2. The van der Waals surface area contributed by atoms with Crippen molar-refractivity contribution in [3.63, 3.8) is 0 Å². The molecule has 0 bridgehead atoms. The molecule has 27 heavy (non-hydrogen) atoms. The van der Waals surface area contributed by atoms with Crippen LogP contribution in [0.5, 0.6) is 0 Å². The van der Waals surface area contributed by atoms with E-state index in [4.69, 9.17) is 0 Å². The van der Waals surface area contributed by atoms with E-state index in [0.29, 0.717) is 9.86 Å². The van der Waals surface area contributed by atoms with Crippen LogP contribution in [0.2, 0.25) is 0 Å². The van der Waals surface area contributed by atoms with Crippen LogP contribution in [-0.4, -0.2) is 21.6 Å². The summed E-state index contributed by atoms with van der Waals surface area (Å²) in [7, 11) is 0. The van der Waals surface area contributed by atoms with Gasteiger partial charge in [0.15, 0.2) is 4.34 Å². The fourth-order valence-electron chi connectivity index (χ4n) is 2.45. The van der Waals surface area contributed by atoms with Crippen molar-refractivity contribution in [3.05, 3.63) is 58.1 Å². The molecule has 0 radical (unpaired) electrons. The van der Waals surface area contributed by atoms with Crippen LogP contribution in [0.3, 0.4) is 0 Å². The highest BCUT2D eigenvalue weighted by Gasteiger charge is 2.14. The number of amides is 1. The summed E-state index contributed by atoms with van der Waals surface area (Å²) < 4.78 is 1.45. The molecule has 0 aliphatic carbocycles. The number of hydrogen-bond acceptors (Lipinski definition) is 6. The summed E-state index contributed by atoms with van der Waals surface area (Å²) in [6.07, 6.45) is 0. The average Bonchev–Trinajstić information content (AvgIpc) is 3.01. The largest absolute Gasteiger partial charge is 0.325 e. The lowest BCUT2D eigenvalue weighted by Gasteiger charge is -2.19. The Hall–Kier alpha value is -2.45. The lowest BCUT2D eigenvalue weighted by molar-refractivity contribution is -0.384. The number of non-ortho nitro benzene ring substituents is 1. The van der Waals surface area contributed by atoms with Gasteiger partial charge in [-0.1, -0.05) is 44.7 Å². The molecule has 2 aromatic carbocycles. The zero-order valence-electron chi connectivity index (χ0n) is 15.2. The number of nitrogens with one attached hydrogen (secondary N) is 1. The van der Waals surface area contributed by atoms with Crippen LogP contribution in [0.25, 0.3) is 10.2 Å². The summed E-state index contributed by atoms with van der Waals surface area (Å²) in [5.74, 6) is 0.108. The molecule has 0 atom stereocenters. The predicted octanol–water partition coefficient (Wildman–Crippen LogP) is 5.23. The zero-order valence-corrected chi connectivity index (χ0v) is 16.8. The van der Waals surface area contributed by atoms with Crippen molar-refractivity contribution in [2.45, 2.75) is 30.5 Å². The number of hydrogen-bond donors (Lipinski definition) is 1. The topological polar surface area (TPSA) is 85.1 Å². The molecular weight excluding hydrogens is 382 g/mol. The fourth-order valence-corrected chi connectivity index (χ4v) is 4.35. The van der Waals surface area contributed by atoms with Gasteiger partial charge in [0.2, 0.25) is 5.91 Å². The minimum Gasteiger partial charge on any atom is -0.325 e. The smallest absolute Gasteiger partial charge is 0.270 e. The van der Waals surface area contributed by atoms with Crippen LogP contribution in [0, 0.1) is 10.1 Å². The maximum atomic E-state index is 12.2. The van der Waals surface area contributed by atoms with Gasteiger partial charge in [0.25, 0.3) is 5.69 Å². The van der Waals surface area contributed by atoms with E-state index < -0.39 is 4.92 Å². The fraction of sp³-hybridized carbons (Fsp3) is 0.263. The number of nitrogens with zero attached hydrogens (tertiary/aromatic N) is 2. The van der Waals surface area contributed by atoms with Crippen molar-refractivity contribution >= 4 is 50.6 Å². The van der Waals surface area contributed by atoms with E-state index >= 15 is 0 Å². The normalized spacial score (nSPS) is 11.5. The SMILES string of the molecule is CC(C)(C)c1ccc(NC(=O)CSc2nc3ccc([N+](=O)[O-])cc3s2)cc1. The van der Waals surface area contributed by atoms with Crippen LogP contribution in [0.15, 0.2) is 46.8 Å². The first-order valence-electron chi connectivity index (χ1n) is 8.30. The number of anilines is 1. The number of thioether (sulfide) groups is 1. The van der Waals surface area contributed by atoms with Crippen LogP contribution in [-0.2, 0) is 10.2 Å². The number of carbonyl (C=O) groups is 1. The Balaban J connectivity index is 1.60. The van der Waals surface area contributed by atoms with E-state index in [1.165, 1.54) is 40.8 Å². The molecule has 1 aromatic heterocycles. The Morgan fingerprint density at radius 2 is 1.93 bits per heavy atom. The van der Waals surface area contributed by atoms with Gasteiger partial charge in [-0.3, -0.25) is 14.9 Å². The molecule has 8 heteroatoms. The van der Waals surface area contributed by atoms with Gasteiger partial charge in [0.05, 0.1) is 20.9 Å². The Bertz CT molecular complexity index is 992. The van der Waals surface area contributed by atoms with Crippen molar-refractivity contribution in [1.29, 1.82) is 0 Å². The number of fused-ring (bicyclic) bond motifs is 1. The number of rotatable bonds is 5. The van der Waals surface area contributed by atoms with Crippen molar-refractivity contribution in [2.75, 3.05) is 11.1 Å². The summed E-state index contributed by atoms with van der Waals surface area (Å²) in [4.78, 5) is 27.0. The first kappa shape index (κ1) is 19.3. The van der Waals surface area contributed by atoms with E-state index in [0.717, 1.165) is 10.4 Å². The van der Waals surface area contributed by atoms with Crippen LogP contribution < -0.4 is 5.32 Å². The molecule has 3 aromatic rings. The minimum absolute atomic E-state index is 0.0409. The standard InChI is InChI=1S/C19H19N3O3S2/c1-19(2,3)12-4-6-13(7-5-12)20-17(23)11-26-18-21-15-9-8-14(22(24)25)10-16(15)27-18/h4-10H,11H2,1-3H3,(H,20,23). The highest BCUT2D eigenvalue weighted by molar-refractivity contribution is 8.01. The van der Waals surface area contributed by atoms with Crippen molar-refractivity contribution in [3.8, 4) is 0 Å². The molecule has 1 N–H and O–H groups in total. The zero-order chi connectivity index (χ0) is 19.6. The van der Waals surface area contributed by atoms with Crippen LogP contribution >= 0.6 is 23.1 Å². The molecule has 6 nitrogen and oxygen atoms in total. The highest BCUT2D eigenvalue weighted by Crippen LogP contribution is 2.32. The molecule has 1 heterocycles. The molecule has 3 rings (SSSR count). The second-order valence-electron chi connectivity index (χ2n) is 7.05. The Morgan fingerprint density at radius 3 is 2.56 bits per heavy atom. The second kappa shape index (κ2) is 7.66. The lowest BCUT2D eigenvalue weighted by Crippen LogP contribution is -2.15. The summed E-state index contributed by atoms with van der Waals surface area (Å²) in [6, 6.07) is 12.4. The van der Waals surface area contributed by atoms with E-state index in [9.17, 15) is 14.9 Å². The molecule has 0 saturated carbocycles. The lowest BCUT2D eigenvalue weighted by atomic mass is 9.87. The van der Waals surface area contributed by atoms with Gasteiger partial charge in [-0.15, -0.1) is 11.3 Å². The summed E-state index contributed by atoms with van der Waals surface area (Å²) >= 11 is 2.67. The Morgan fingerprint density at radius 1 is 1.22 bits per heavy atom. The minimum atomic E-state index is -0.426. The maximum Gasteiger partial charge on any atom is 0.270 e. The molecule has 0 unspecified atom stereocenters. The first-order valence-corrected chi connectivity index (χ1v) is 10.1. The molecule has 0 saturated heterocycles. The monoisotopic (exact) mass is 401 g/mol. The summed E-state index contributed by atoms with van der Waals surface area (Å²) in [5, 5.41) is 13.7. The van der Waals surface area contributed by atoms with Crippen molar-refractivity contribution < 1.29 is 9.72 Å². The molecule has 0 fully saturated rings. The van der Waals surface area contributed by atoms with Crippen molar-refractivity contribution in [1.82, 2.24) is 4.98 Å².